The number of hydrogen-bond donors (Lipinski definition) is 7. The van der Waals surface area contributed by atoms with Crippen molar-refractivity contribution in [2.75, 3.05) is 6.54 Å². The van der Waals surface area contributed by atoms with Crippen molar-refractivity contribution in [1.82, 2.24) is 20.9 Å². The average Bonchev–Trinajstić information content (AvgIpc) is 3.01. The van der Waals surface area contributed by atoms with Crippen LogP contribution < -0.4 is 32.7 Å². The van der Waals surface area contributed by atoms with Crippen LogP contribution in [0.2, 0.25) is 0 Å². The summed E-state index contributed by atoms with van der Waals surface area (Å²) in [6, 6.07) is 2.29. The van der Waals surface area contributed by atoms with Crippen molar-refractivity contribution in [2.24, 2.45) is 17.1 Å². The molecule has 0 unspecified atom stereocenters. The molecule has 3 amide bonds. The molecule has 162 valence electrons. The van der Waals surface area contributed by atoms with Crippen molar-refractivity contribution in [2.45, 2.75) is 39.0 Å². The summed E-state index contributed by atoms with van der Waals surface area (Å²) >= 11 is 0. The minimum Gasteiger partial charge on any atom is -0.492 e. The zero-order valence-corrected chi connectivity index (χ0v) is 15.9. The maximum Gasteiger partial charge on any atom is 0.334 e. The Morgan fingerprint density at radius 2 is 1.59 bits per heavy atom. The van der Waals surface area contributed by atoms with Crippen LogP contribution in [-0.2, 0) is 19.2 Å². The summed E-state index contributed by atoms with van der Waals surface area (Å²) in [5.74, 6) is 6.79. The van der Waals surface area contributed by atoms with Crippen molar-refractivity contribution in [3.05, 3.63) is 12.1 Å². The van der Waals surface area contributed by atoms with Gasteiger partial charge in [-0.2, -0.15) is 0 Å². The third-order valence-corrected chi connectivity index (χ3v) is 4.24. The predicted octanol–water partition coefficient (Wildman–Crippen LogP) is -2.09. The Labute approximate surface area is 166 Å². The molecule has 1 rings (SSSR count). The van der Waals surface area contributed by atoms with Gasteiger partial charge >= 0.3 is 5.97 Å². The summed E-state index contributed by atoms with van der Waals surface area (Å²) in [6.45, 7) is 1.38. The average molecular weight is 414 g/mol. The maximum absolute atomic E-state index is 11.8. The molecule has 1 aromatic heterocycles. The van der Waals surface area contributed by atoms with Crippen LogP contribution >= 0.6 is 0 Å². The fourth-order valence-electron chi connectivity index (χ4n) is 2.45. The first-order valence-corrected chi connectivity index (χ1v) is 8.75. The summed E-state index contributed by atoms with van der Waals surface area (Å²) in [5, 5.41) is 21.2. The molecule has 9 N–H and O–H groups in total. The molecule has 29 heavy (non-hydrogen) atoms. The van der Waals surface area contributed by atoms with E-state index in [1.807, 2.05) is 10.9 Å². The van der Waals surface area contributed by atoms with Crippen LogP contribution in [0.25, 0.3) is 0 Å². The third-order valence-electron chi connectivity index (χ3n) is 4.24. The number of hydrogen-bond acceptors (Lipinski definition) is 9. The summed E-state index contributed by atoms with van der Waals surface area (Å²) in [4.78, 5) is 51.8. The fourth-order valence-corrected chi connectivity index (χ4v) is 2.45. The lowest BCUT2D eigenvalue weighted by Crippen LogP contribution is -2.53. The lowest BCUT2D eigenvalue weighted by Gasteiger charge is -2.25. The Bertz CT molecular complexity index is 713. The van der Waals surface area contributed by atoms with Gasteiger partial charge in [-0.3, -0.25) is 25.2 Å². The van der Waals surface area contributed by atoms with Crippen LogP contribution in [0.15, 0.2) is 12.1 Å². The summed E-state index contributed by atoms with van der Waals surface area (Å²) in [6.07, 6.45) is 0.807. The van der Waals surface area contributed by atoms with Crippen LogP contribution in [0.3, 0.4) is 0 Å². The minimum atomic E-state index is -1.46. The number of amides is 3. The molecule has 0 aliphatic rings. The normalized spacial score (nSPS) is 10.9. The van der Waals surface area contributed by atoms with E-state index in [-0.39, 0.29) is 31.7 Å². The van der Waals surface area contributed by atoms with Crippen LogP contribution in [0.1, 0.15) is 39.0 Å². The zero-order valence-electron chi connectivity index (χ0n) is 15.9. The van der Waals surface area contributed by atoms with Crippen LogP contribution in [-0.4, -0.2) is 45.2 Å². The van der Waals surface area contributed by atoms with Crippen LogP contribution in [0.5, 0.6) is 11.8 Å². The number of nitrogens with zero attached hydrogens (tertiary/aromatic N) is 1. The molecule has 0 bridgehead atoms. The van der Waals surface area contributed by atoms with Gasteiger partial charge in [-0.05, 0) is 19.8 Å². The lowest BCUT2D eigenvalue weighted by molar-refractivity contribution is -0.145. The molecule has 1 heterocycles. The number of carbonyl (C=O) groups is 4. The zero-order chi connectivity index (χ0) is 22.0. The Morgan fingerprint density at radius 1 is 1.03 bits per heavy atom. The lowest BCUT2D eigenvalue weighted by atomic mass is 9.83. The smallest absolute Gasteiger partial charge is 0.334 e. The monoisotopic (exact) mass is 414 g/mol. The van der Waals surface area contributed by atoms with E-state index in [9.17, 15) is 29.4 Å². The van der Waals surface area contributed by atoms with Gasteiger partial charge in [0.15, 0.2) is 0 Å². The highest BCUT2D eigenvalue weighted by Crippen LogP contribution is 2.25. The predicted molar refractivity (Wildman–Crippen MR) is 98.2 cm³/mol. The molecule has 0 aromatic carbocycles. The van der Waals surface area contributed by atoms with Gasteiger partial charge in [0.25, 0.3) is 0 Å². The number of rotatable bonds is 11. The van der Waals surface area contributed by atoms with Gasteiger partial charge in [-0.15, -0.1) is 4.73 Å². The van der Waals surface area contributed by atoms with Crippen LogP contribution in [0.4, 0.5) is 0 Å². The first-order valence-electron chi connectivity index (χ1n) is 8.75. The molecular formula is C16H26N6O7. The summed E-state index contributed by atoms with van der Waals surface area (Å²) in [5.41, 5.74) is 2.38. The second-order valence-corrected chi connectivity index (χ2v) is 6.39. The number of hydrazine groups is 2. The highest BCUT2D eigenvalue weighted by molar-refractivity contribution is 6.04. The Morgan fingerprint density at radius 3 is 2.10 bits per heavy atom. The molecule has 0 saturated heterocycles. The van der Waals surface area contributed by atoms with Crippen molar-refractivity contribution in [1.29, 1.82) is 0 Å². The number of unbranched alkanes of at least 4 members (excludes halogenated alkanes) is 1. The Kier molecular flexibility index (Phi) is 8.89. The van der Waals surface area contributed by atoms with Gasteiger partial charge in [0.2, 0.25) is 29.5 Å². The standard InChI is InChI=1S/C16H26N6O7/c1-16(14(27)20-17,15(28)21-18)8-3-2-4-10(23)19-9-7-13(26)29-22-11(24)5-6-12(22)25/h5-6,24-25H,2-4,7-9,17-18H2,1H3,(H,19,23)(H,20,27)(H,21,28). The molecule has 0 atom stereocenters. The minimum absolute atomic E-state index is 0.0106. The van der Waals surface area contributed by atoms with Gasteiger partial charge in [0, 0.05) is 25.1 Å². The fraction of sp³-hybridized carbons (Fsp3) is 0.500. The van der Waals surface area contributed by atoms with Crippen molar-refractivity contribution in [3.63, 3.8) is 0 Å². The van der Waals surface area contributed by atoms with Gasteiger partial charge in [-0.1, -0.05) is 6.42 Å². The molecule has 0 radical (unpaired) electrons. The number of aromatic nitrogens is 1. The number of nitrogens with two attached hydrogens (primary N) is 2. The Balaban J connectivity index is 2.31. The highest BCUT2D eigenvalue weighted by Gasteiger charge is 2.39. The quantitative estimate of drug-likeness (QED) is 0.0694. The number of nitrogens with one attached hydrogen (secondary N) is 3. The first kappa shape index (κ1) is 23.7. The van der Waals surface area contributed by atoms with Gasteiger partial charge < -0.3 is 20.4 Å². The topological polar surface area (TPSA) is 211 Å². The van der Waals surface area contributed by atoms with E-state index in [0.717, 1.165) is 12.1 Å². The second-order valence-electron chi connectivity index (χ2n) is 6.39. The molecule has 0 aliphatic heterocycles. The second kappa shape index (κ2) is 10.9. The Hall–Kier alpha value is -3.32. The molecule has 0 fully saturated rings. The van der Waals surface area contributed by atoms with Gasteiger partial charge in [0.1, 0.15) is 5.41 Å². The van der Waals surface area contributed by atoms with E-state index in [0.29, 0.717) is 17.6 Å². The van der Waals surface area contributed by atoms with E-state index < -0.39 is 35.0 Å². The van der Waals surface area contributed by atoms with E-state index in [2.05, 4.69) is 5.32 Å². The van der Waals surface area contributed by atoms with Crippen molar-refractivity contribution < 1.29 is 34.2 Å². The van der Waals surface area contributed by atoms with Gasteiger partial charge in [-0.25, -0.2) is 16.5 Å². The van der Waals surface area contributed by atoms with E-state index in [1.54, 1.807) is 0 Å². The highest BCUT2D eigenvalue weighted by atomic mass is 16.7. The van der Waals surface area contributed by atoms with E-state index in [4.69, 9.17) is 16.5 Å². The van der Waals surface area contributed by atoms with Crippen molar-refractivity contribution >= 4 is 23.7 Å². The summed E-state index contributed by atoms with van der Waals surface area (Å²) < 4.78 is 0.552. The van der Waals surface area contributed by atoms with Crippen molar-refractivity contribution in [3.8, 4) is 11.8 Å². The van der Waals surface area contributed by atoms with Crippen LogP contribution in [0, 0.1) is 5.41 Å². The largest absolute Gasteiger partial charge is 0.492 e. The van der Waals surface area contributed by atoms with E-state index >= 15 is 0 Å². The number of carbonyl (C=O) groups excluding carboxylic acids is 4. The van der Waals surface area contributed by atoms with Gasteiger partial charge in [0.05, 0.1) is 6.42 Å². The SMILES string of the molecule is CC(CCCCC(=O)NCCC(=O)On1c(O)ccc1O)(C(=O)NN)C(=O)NN. The number of aromatic hydroxyl groups is 2. The molecular weight excluding hydrogens is 388 g/mol. The molecule has 0 saturated carbocycles. The first-order chi connectivity index (χ1) is 13.7. The third kappa shape index (κ3) is 6.65. The molecule has 1 aromatic rings. The molecule has 13 heteroatoms. The molecule has 0 spiro atoms. The molecule has 0 aliphatic carbocycles. The van der Waals surface area contributed by atoms with E-state index in [1.165, 1.54) is 6.92 Å². The summed E-state index contributed by atoms with van der Waals surface area (Å²) in [7, 11) is 0. The maximum atomic E-state index is 11.8. The molecule has 13 nitrogen and oxygen atoms in total.